The summed E-state index contributed by atoms with van der Waals surface area (Å²) in [6, 6.07) is 19.3. The maximum atomic E-state index is 13.1. The summed E-state index contributed by atoms with van der Waals surface area (Å²) in [5.41, 5.74) is 8.35. The predicted molar refractivity (Wildman–Crippen MR) is 125 cm³/mol. The molecule has 2 aromatic carbocycles. The van der Waals surface area contributed by atoms with Crippen molar-refractivity contribution >= 4 is 28.8 Å². The fourth-order valence-corrected chi connectivity index (χ4v) is 4.05. The van der Waals surface area contributed by atoms with Crippen LogP contribution in [0.15, 0.2) is 66.0 Å². The molecule has 0 spiro atoms. The average molecular weight is 438 g/mol. The lowest BCUT2D eigenvalue weighted by Crippen LogP contribution is -2.40. The number of primary amides is 1. The molecule has 31 heavy (non-hydrogen) atoms. The molecule has 0 aliphatic rings. The Morgan fingerprint density at radius 3 is 2.39 bits per heavy atom. The molecule has 1 aromatic heterocycles. The lowest BCUT2D eigenvalue weighted by molar-refractivity contribution is -0.121. The van der Waals surface area contributed by atoms with Crippen LogP contribution in [0.25, 0.3) is 0 Å². The van der Waals surface area contributed by atoms with E-state index in [2.05, 4.69) is 5.32 Å². The molecule has 0 radical (unpaired) electrons. The summed E-state index contributed by atoms with van der Waals surface area (Å²) in [6.07, 6.45) is 0.158. The summed E-state index contributed by atoms with van der Waals surface area (Å²) < 4.78 is 5.21. The summed E-state index contributed by atoms with van der Waals surface area (Å²) in [5.74, 6) is 0.175. The van der Waals surface area contributed by atoms with Crippen molar-refractivity contribution in [1.29, 1.82) is 0 Å². The van der Waals surface area contributed by atoms with Crippen molar-refractivity contribution in [2.75, 3.05) is 25.1 Å². The van der Waals surface area contributed by atoms with Gasteiger partial charge in [-0.1, -0.05) is 35.9 Å². The molecule has 6 nitrogen and oxygen atoms in total. The molecule has 0 saturated carbocycles. The van der Waals surface area contributed by atoms with Crippen molar-refractivity contribution in [3.63, 3.8) is 0 Å². The molecule has 0 saturated heterocycles. The molecule has 1 heterocycles. The number of benzene rings is 2. The molecule has 162 valence electrons. The van der Waals surface area contributed by atoms with Crippen molar-refractivity contribution in [2.24, 2.45) is 5.73 Å². The Morgan fingerprint density at radius 2 is 1.81 bits per heavy atom. The molecule has 3 aromatic rings. The predicted octanol–water partition coefficient (Wildman–Crippen LogP) is 3.65. The number of ether oxygens (including phenoxy) is 1. The number of anilines is 1. The fraction of sp³-hybridized carbons (Fsp3) is 0.250. The van der Waals surface area contributed by atoms with Gasteiger partial charge in [-0.15, -0.1) is 11.3 Å². The quantitative estimate of drug-likeness (QED) is 0.507. The molecule has 2 amide bonds. The Morgan fingerprint density at radius 1 is 1.10 bits per heavy atom. The van der Waals surface area contributed by atoms with Crippen molar-refractivity contribution in [3.05, 3.63) is 82.0 Å². The topological polar surface area (TPSA) is 84.7 Å². The number of carbonyl (C=O) groups is 2. The normalized spacial score (nSPS) is 11.5. The van der Waals surface area contributed by atoms with Crippen LogP contribution in [0, 0.1) is 6.92 Å². The molecule has 0 aliphatic heterocycles. The van der Waals surface area contributed by atoms with Crippen LogP contribution >= 0.6 is 11.3 Å². The summed E-state index contributed by atoms with van der Waals surface area (Å²) in [7, 11) is 1.60. The van der Waals surface area contributed by atoms with E-state index in [1.807, 2.05) is 77.9 Å². The second kappa shape index (κ2) is 10.6. The number of nitrogens with two attached hydrogens (primary N) is 1. The number of amides is 2. The zero-order valence-corrected chi connectivity index (χ0v) is 18.5. The van der Waals surface area contributed by atoms with Crippen LogP contribution < -0.4 is 20.7 Å². The van der Waals surface area contributed by atoms with Crippen LogP contribution in [-0.2, 0) is 9.59 Å². The second-order valence-electron chi connectivity index (χ2n) is 7.26. The van der Waals surface area contributed by atoms with E-state index < -0.39 is 5.91 Å². The van der Waals surface area contributed by atoms with Gasteiger partial charge in [-0.05, 0) is 48.2 Å². The van der Waals surface area contributed by atoms with E-state index in [-0.39, 0.29) is 24.9 Å². The molecule has 3 rings (SSSR count). The summed E-state index contributed by atoms with van der Waals surface area (Å²) in [6.45, 7) is 2.49. The molecule has 1 atom stereocenters. The number of hydrogen-bond acceptors (Lipinski definition) is 5. The molecular weight excluding hydrogens is 410 g/mol. The Kier molecular flexibility index (Phi) is 7.67. The molecule has 0 aliphatic carbocycles. The number of hydrogen-bond donors (Lipinski definition) is 2. The van der Waals surface area contributed by atoms with Crippen LogP contribution in [0.3, 0.4) is 0 Å². The third kappa shape index (κ3) is 6.33. The van der Waals surface area contributed by atoms with E-state index in [4.69, 9.17) is 10.5 Å². The average Bonchev–Trinajstić information content (AvgIpc) is 3.30. The minimum Gasteiger partial charge on any atom is -0.497 e. The maximum absolute atomic E-state index is 13.1. The highest BCUT2D eigenvalue weighted by Crippen LogP contribution is 2.26. The number of methoxy groups -OCH3 is 1. The summed E-state index contributed by atoms with van der Waals surface area (Å²) in [4.78, 5) is 27.3. The highest BCUT2D eigenvalue weighted by molar-refractivity contribution is 7.10. The first-order chi connectivity index (χ1) is 15.0. The number of aryl methyl sites for hydroxylation is 1. The van der Waals surface area contributed by atoms with Gasteiger partial charge < -0.3 is 20.7 Å². The van der Waals surface area contributed by atoms with Crippen LogP contribution in [0.1, 0.15) is 28.5 Å². The van der Waals surface area contributed by atoms with E-state index in [1.165, 1.54) is 0 Å². The molecule has 0 fully saturated rings. The lowest BCUT2D eigenvalue weighted by Gasteiger charge is -2.26. The monoisotopic (exact) mass is 437 g/mol. The highest BCUT2D eigenvalue weighted by atomic mass is 32.1. The van der Waals surface area contributed by atoms with Crippen LogP contribution in [-0.4, -0.2) is 32.0 Å². The standard InChI is InChI=1S/C24H27N3O3S/c1-17-5-7-18(8-6-17)24(21-4-3-15-31-21)26-23(29)16-27(14-13-22(25)28)19-9-11-20(30-2)12-10-19/h3-12,15,24H,13-14,16H2,1-2H3,(H2,25,28)(H,26,29). The van der Waals surface area contributed by atoms with Crippen molar-refractivity contribution in [3.8, 4) is 5.75 Å². The Labute approximate surface area is 186 Å². The van der Waals surface area contributed by atoms with Gasteiger partial charge in [0.2, 0.25) is 11.8 Å². The van der Waals surface area contributed by atoms with Gasteiger partial charge in [0.25, 0.3) is 0 Å². The largest absolute Gasteiger partial charge is 0.497 e. The zero-order valence-electron chi connectivity index (χ0n) is 17.7. The molecule has 3 N–H and O–H groups in total. The molecule has 7 heteroatoms. The number of nitrogens with zero attached hydrogens (tertiary/aromatic N) is 1. The van der Waals surface area contributed by atoms with Gasteiger partial charge in [-0.2, -0.15) is 0 Å². The van der Waals surface area contributed by atoms with Crippen molar-refractivity contribution in [2.45, 2.75) is 19.4 Å². The highest BCUT2D eigenvalue weighted by Gasteiger charge is 2.20. The number of thiophene rings is 1. The second-order valence-corrected chi connectivity index (χ2v) is 8.24. The third-order valence-electron chi connectivity index (χ3n) is 4.94. The minimum atomic E-state index is -0.407. The van der Waals surface area contributed by atoms with Gasteiger partial charge in [0, 0.05) is 23.5 Å². The van der Waals surface area contributed by atoms with Gasteiger partial charge in [0.1, 0.15) is 5.75 Å². The van der Waals surface area contributed by atoms with Crippen molar-refractivity contribution < 1.29 is 14.3 Å². The fourth-order valence-electron chi connectivity index (χ4n) is 3.25. The first-order valence-electron chi connectivity index (χ1n) is 10.0. The number of rotatable bonds is 10. The van der Waals surface area contributed by atoms with Crippen molar-refractivity contribution in [1.82, 2.24) is 5.32 Å². The van der Waals surface area contributed by atoms with Gasteiger partial charge in [-0.25, -0.2) is 0 Å². The Balaban J connectivity index is 1.78. The number of nitrogens with one attached hydrogen (secondary N) is 1. The Bertz CT molecular complexity index is 986. The first kappa shape index (κ1) is 22.4. The van der Waals surface area contributed by atoms with Gasteiger partial charge in [0.15, 0.2) is 0 Å². The Hall–Kier alpha value is -3.32. The minimum absolute atomic E-state index is 0.105. The summed E-state index contributed by atoms with van der Waals surface area (Å²) >= 11 is 1.60. The zero-order chi connectivity index (χ0) is 22.2. The van der Waals surface area contributed by atoms with Crippen LogP contribution in [0.2, 0.25) is 0 Å². The van der Waals surface area contributed by atoms with E-state index in [0.29, 0.717) is 6.54 Å². The van der Waals surface area contributed by atoms with Crippen LogP contribution in [0.4, 0.5) is 5.69 Å². The van der Waals surface area contributed by atoms with Crippen LogP contribution in [0.5, 0.6) is 5.75 Å². The molecule has 0 bridgehead atoms. The van der Waals surface area contributed by atoms with E-state index in [9.17, 15) is 9.59 Å². The molecule has 1 unspecified atom stereocenters. The van der Waals surface area contributed by atoms with Gasteiger partial charge in [-0.3, -0.25) is 9.59 Å². The number of carbonyl (C=O) groups excluding carboxylic acids is 2. The van der Waals surface area contributed by atoms with E-state index in [1.54, 1.807) is 18.4 Å². The van der Waals surface area contributed by atoms with Gasteiger partial charge in [0.05, 0.1) is 19.7 Å². The summed E-state index contributed by atoms with van der Waals surface area (Å²) in [5, 5.41) is 5.15. The van der Waals surface area contributed by atoms with E-state index >= 15 is 0 Å². The third-order valence-corrected chi connectivity index (χ3v) is 5.88. The lowest BCUT2D eigenvalue weighted by atomic mass is 10.0. The van der Waals surface area contributed by atoms with E-state index in [0.717, 1.165) is 27.4 Å². The smallest absolute Gasteiger partial charge is 0.240 e. The maximum Gasteiger partial charge on any atom is 0.240 e. The first-order valence-corrected chi connectivity index (χ1v) is 10.9. The molecular formula is C24H27N3O3S. The SMILES string of the molecule is COc1ccc(N(CCC(N)=O)CC(=O)NC(c2ccc(C)cc2)c2cccs2)cc1. The van der Waals surface area contributed by atoms with Gasteiger partial charge >= 0.3 is 0 Å².